The van der Waals surface area contributed by atoms with Gasteiger partial charge in [-0.3, -0.25) is 19.0 Å². The highest BCUT2D eigenvalue weighted by molar-refractivity contribution is 7.92. The highest BCUT2D eigenvalue weighted by atomic mass is 32.2. The third kappa shape index (κ3) is 4.35. The molecule has 0 unspecified atom stereocenters. The van der Waals surface area contributed by atoms with E-state index in [1.165, 1.54) is 41.1 Å². The van der Waals surface area contributed by atoms with E-state index in [1.54, 1.807) is 49.0 Å². The molecule has 0 fully saturated rings. The third-order valence-corrected chi connectivity index (χ3v) is 6.67. The first-order valence-corrected chi connectivity index (χ1v) is 11.7. The van der Waals surface area contributed by atoms with Gasteiger partial charge in [0.25, 0.3) is 21.5 Å². The molecular weight excluding hydrogens is 459 g/mol. The Morgan fingerprint density at radius 2 is 1.62 bits per heavy atom. The van der Waals surface area contributed by atoms with Gasteiger partial charge in [0, 0.05) is 12.6 Å². The molecule has 0 radical (unpaired) electrons. The number of para-hydroxylation sites is 2. The molecule has 4 rings (SSSR count). The molecule has 0 bridgehead atoms. The maximum absolute atomic E-state index is 13.9. The number of halogens is 1. The van der Waals surface area contributed by atoms with Crippen LogP contribution in [0.15, 0.2) is 88.6 Å². The van der Waals surface area contributed by atoms with Gasteiger partial charge in [-0.1, -0.05) is 36.4 Å². The normalized spacial score (nSPS) is 11.3. The molecule has 1 amide bonds. The number of anilines is 2. The summed E-state index contributed by atoms with van der Waals surface area (Å²) in [5.41, 5.74) is 0.329. The molecule has 1 aromatic heterocycles. The van der Waals surface area contributed by atoms with Crippen LogP contribution in [0.25, 0.3) is 5.69 Å². The standard InChI is InChI=1S/C24H21FN4O4S/c1-16-22(24(31)29(28(16)2)18-10-4-3-5-11-18)27-34(32,33)19-12-8-9-17(15-19)23(30)26-21-14-7-6-13-20(21)25/h3-15,27H,1-2H3,(H,26,30). The molecular formula is C24H21FN4O4S. The Morgan fingerprint density at radius 3 is 2.32 bits per heavy atom. The lowest BCUT2D eigenvalue weighted by Gasteiger charge is -2.10. The summed E-state index contributed by atoms with van der Waals surface area (Å²) < 4.78 is 45.3. The lowest BCUT2D eigenvalue weighted by atomic mass is 10.2. The highest BCUT2D eigenvalue weighted by Gasteiger charge is 2.23. The van der Waals surface area contributed by atoms with E-state index in [0.717, 1.165) is 6.07 Å². The average Bonchev–Trinajstić information content (AvgIpc) is 3.04. The van der Waals surface area contributed by atoms with Gasteiger partial charge < -0.3 is 5.32 Å². The Kier molecular flexibility index (Phi) is 6.08. The molecule has 0 atom stereocenters. The summed E-state index contributed by atoms with van der Waals surface area (Å²) in [4.78, 5) is 25.4. The van der Waals surface area contributed by atoms with Gasteiger partial charge in [0.2, 0.25) is 0 Å². The van der Waals surface area contributed by atoms with Crippen LogP contribution in [-0.4, -0.2) is 23.7 Å². The van der Waals surface area contributed by atoms with Crippen LogP contribution in [0.3, 0.4) is 0 Å². The summed E-state index contributed by atoms with van der Waals surface area (Å²) in [7, 11) is -2.56. The van der Waals surface area contributed by atoms with Crippen molar-refractivity contribution < 1.29 is 17.6 Å². The number of hydrogen-bond donors (Lipinski definition) is 2. The van der Waals surface area contributed by atoms with Gasteiger partial charge in [-0.2, -0.15) is 0 Å². The second kappa shape index (κ2) is 8.99. The maximum Gasteiger partial charge on any atom is 0.296 e. The first-order chi connectivity index (χ1) is 16.2. The Labute approximate surface area is 195 Å². The van der Waals surface area contributed by atoms with Gasteiger partial charge in [-0.25, -0.2) is 17.5 Å². The van der Waals surface area contributed by atoms with E-state index in [4.69, 9.17) is 0 Å². The lowest BCUT2D eigenvalue weighted by molar-refractivity contribution is 0.102. The summed E-state index contributed by atoms with van der Waals surface area (Å²) >= 11 is 0. The smallest absolute Gasteiger partial charge is 0.296 e. The van der Waals surface area contributed by atoms with Crippen molar-refractivity contribution in [2.24, 2.45) is 7.05 Å². The van der Waals surface area contributed by atoms with Crippen LogP contribution in [0.1, 0.15) is 16.1 Å². The molecule has 2 N–H and O–H groups in total. The Hall–Kier alpha value is -4.18. The van der Waals surface area contributed by atoms with Crippen molar-refractivity contribution in [1.29, 1.82) is 0 Å². The molecule has 8 nitrogen and oxygen atoms in total. The van der Waals surface area contributed by atoms with Crippen molar-refractivity contribution in [3.63, 3.8) is 0 Å². The zero-order valence-corrected chi connectivity index (χ0v) is 19.1. The third-order valence-electron chi connectivity index (χ3n) is 5.32. The molecule has 0 aliphatic rings. The number of nitrogens with zero attached hydrogens (tertiary/aromatic N) is 2. The van der Waals surface area contributed by atoms with Crippen molar-refractivity contribution in [3.05, 3.63) is 106 Å². The molecule has 10 heteroatoms. The first kappa shape index (κ1) is 23.0. The van der Waals surface area contributed by atoms with E-state index >= 15 is 0 Å². The molecule has 0 spiro atoms. The number of carbonyl (C=O) groups excluding carboxylic acids is 1. The average molecular weight is 481 g/mol. The van der Waals surface area contributed by atoms with Gasteiger partial charge in [0.05, 0.1) is 22.0 Å². The zero-order chi connectivity index (χ0) is 24.5. The van der Waals surface area contributed by atoms with Gasteiger partial charge >= 0.3 is 0 Å². The number of amides is 1. The number of rotatable bonds is 6. The van der Waals surface area contributed by atoms with E-state index in [0.29, 0.717) is 11.4 Å². The largest absolute Gasteiger partial charge is 0.319 e. The molecule has 0 aliphatic carbocycles. The minimum atomic E-state index is -4.21. The van der Waals surface area contributed by atoms with E-state index in [9.17, 15) is 22.4 Å². The highest BCUT2D eigenvalue weighted by Crippen LogP contribution is 2.20. The fourth-order valence-electron chi connectivity index (χ4n) is 3.44. The van der Waals surface area contributed by atoms with Gasteiger partial charge in [0.1, 0.15) is 11.5 Å². The topological polar surface area (TPSA) is 102 Å². The number of sulfonamides is 1. The Balaban J connectivity index is 1.65. The Morgan fingerprint density at radius 1 is 0.941 bits per heavy atom. The number of aromatic nitrogens is 2. The van der Waals surface area contributed by atoms with E-state index in [1.807, 2.05) is 6.07 Å². The summed E-state index contributed by atoms with van der Waals surface area (Å²) in [5, 5.41) is 2.42. The monoisotopic (exact) mass is 480 g/mol. The molecule has 1 heterocycles. The molecule has 174 valence electrons. The van der Waals surface area contributed by atoms with Crippen LogP contribution in [0, 0.1) is 12.7 Å². The van der Waals surface area contributed by atoms with Crippen LogP contribution in [0.5, 0.6) is 0 Å². The Bertz CT molecular complexity index is 1540. The SMILES string of the molecule is Cc1c(NS(=O)(=O)c2cccc(C(=O)Nc3ccccc3F)c2)c(=O)n(-c2ccccc2)n1C. The van der Waals surface area contributed by atoms with Crippen LogP contribution in [-0.2, 0) is 17.1 Å². The number of hydrogen-bond acceptors (Lipinski definition) is 4. The minimum absolute atomic E-state index is 0.0117. The molecule has 0 aliphatic heterocycles. The van der Waals surface area contributed by atoms with Crippen LogP contribution < -0.4 is 15.6 Å². The van der Waals surface area contributed by atoms with Gasteiger partial charge in [0.15, 0.2) is 0 Å². The van der Waals surface area contributed by atoms with Crippen LogP contribution in [0.2, 0.25) is 0 Å². The van der Waals surface area contributed by atoms with Crippen molar-refractivity contribution in [3.8, 4) is 5.69 Å². The van der Waals surface area contributed by atoms with Crippen LogP contribution >= 0.6 is 0 Å². The number of nitrogens with one attached hydrogen (secondary N) is 2. The molecule has 4 aromatic rings. The van der Waals surface area contributed by atoms with E-state index in [-0.39, 0.29) is 21.8 Å². The number of carbonyl (C=O) groups is 1. The summed E-state index contributed by atoms with van der Waals surface area (Å²) in [6.45, 7) is 1.62. The van der Waals surface area contributed by atoms with Gasteiger partial charge in [-0.15, -0.1) is 0 Å². The molecule has 3 aromatic carbocycles. The second-order valence-electron chi connectivity index (χ2n) is 7.50. The molecule has 0 saturated heterocycles. The van der Waals surface area contributed by atoms with Crippen molar-refractivity contribution in [2.45, 2.75) is 11.8 Å². The molecule has 0 saturated carbocycles. The maximum atomic E-state index is 13.9. The zero-order valence-electron chi connectivity index (χ0n) is 18.3. The van der Waals surface area contributed by atoms with E-state index in [2.05, 4.69) is 10.0 Å². The van der Waals surface area contributed by atoms with Gasteiger partial charge in [-0.05, 0) is 49.4 Å². The molecule has 34 heavy (non-hydrogen) atoms. The second-order valence-corrected chi connectivity index (χ2v) is 9.19. The van der Waals surface area contributed by atoms with Crippen molar-refractivity contribution >= 4 is 27.3 Å². The quantitative estimate of drug-likeness (QED) is 0.440. The predicted molar refractivity (Wildman–Crippen MR) is 127 cm³/mol. The van der Waals surface area contributed by atoms with E-state index < -0.39 is 27.3 Å². The fraction of sp³-hybridized carbons (Fsp3) is 0.0833. The predicted octanol–water partition coefficient (Wildman–Crippen LogP) is 3.68. The summed E-state index contributed by atoms with van der Waals surface area (Å²) in [6, 6.07) is 19.7. The van der Waals surface area contributed by atoms with Crippen molar-refractivity contribution in [2.75, 3.05) is 10.0 Å². The number of benzene rings is 3. The lowest BCUT2D eigenvalue weighted by Crippen LogP contribution is -2.23. The first-order valence-electron chi connectivity index (χ1n) is 10.2. The summed E-state index contributed by atoms with van der Waals surface area (Å²) in [6.07, 6.45) is 0. The van der Waals surface area contributed by atoms with Crippen molar-refractivity contribution in [1.82, 2.24) is 9.36 Å². The minimum Gasteiger partial charge on any atom is -0.319 e. The van der Waals surface area contributed by atoms with Crippen LogP contribution in [0.4, 0.5) is 15.8 Å². The summed E-state index contributed by atoms with van der Waals surface area (Å²) in [5.74, 6) is -1.29. The fourth-order valence-corrected chi connectivity index (χ4v) is 4.60.